The highest BCUT2D eigenvalue weighted by atomic mass is 127. The molecule has 2 aromatic rings. The van der Waals surface area contributed by atoms with Gasteiger partial charge in [0.1, 0.15) is 0 Å². The van der Waals surface area contributed by atoms with E-state index in [1.165, 1.54) is 5.69 Å². The number of unbranched alkanes of at least 4 members (excludes halogenated alkanes) is 1. The van der Waals surface area contributed by atoms with E-state index in [2.05, 4.69) is 52.0 Å². The van der Waals surface area contributed by atoms with Crippen molar-refractivity contribution in [3.05, 3.63) is 62.7 Å². The van der Waals surface area contributed by atoms with Gasteiger partial charge in [0.2, 0.25) is 0 Å². The molecule has 0 heterocycles. The lowest BCUT2D eigenvalue weighted by Gasteiger charge is -2.19. The van der Waals surface area contributed by atoms with E-state index in [0.29, 0.717) is 17.1 Å². The molecule has 0 unspecified atom stereocenters. The third kappa shape index (κ3) is 5.70. The summed E-state index contributed by atoms with van der Waals surface area (Å²) in [6.45, 7) is 1.65. The number of carbonyl (C=O) groups excluding carboxylic acids is 1. The fraction of sp³-hybridized carbons (Fsp3) is 0.278. The highest BCUT2D eigenvalue weighted by Gasteiger charge is 2.09. The molecule has 0 bridgehead atoms. The van der Waals surface area contributed by atoms with Crippen molar-refractivity contribution in [1.29, 1.82) is 0 Å². The van der Waals surface area contributed by atoms with Crippen molar-refractivity contribution in [3.8, 4) is 0 Å². The standard InChI is InChI=1S/C18H20ClIN2O/c1-22(15-7-3-2-4-8-15)12-6-5-11-21-18(23)16-10-9-14(19)13-17(16)20/h2-4,7-10,13H,5-6,11-12H2,1H3,(H,21,23). The molecule has 5 heteroatoms. The maximum atomic E-state index is 12.1. The van der Waals surface area contributed by atoms with Crippen LogP contribution in [0.25, 0.3) is 0 Å². The van der Waals surface area contributed by atoms with Crippen LogP contribution in [0.2, 0.25) is 5.02 Å². The van der Waals surface area contributed by atoms with E-state index >= 15 is 0 Å². The zero-order valence-corrected chi connectivity index (χ0v) is 16.0. The van der Waals surface area contributed by atoms with Crippen LogP contribution in [-0.2, 0) is 0 Å². The predicted molar refractivity (Wildman–Crippen MR) is 105 cm³/mol. The highest BCUT2D eigenvalue weighted by molar-refractivity contribution is 14.1. The van der Waals surface area contributed by atoms with Crippen LogP contribution in [-0.4, -0.2) is 26.0 Å². The van der Waals surface area contributed by atoms with Gasteiger partial charge in [0, 0.05) is 34.4 Å². The first-order valence-electron chi connectivity index (χ1n) is 7.57. The van der Waals surface area contributed by atoms with E-state index in [1.54, 1.807) is 18.2 Å². The first-order valence-corrected chi connectivity index (χ1v) is 9.03. The van der Waals surface area contributed by atoms with E-state index in [9.17, 15) is 4.79 Å². The molecule has 0 saturated carbocycles. The Bertz CT molecular complexity index is 649. The van der Waals surface area contributed by atoms with Gasteiger partial charge >= 0.3 is 0 Å². The van der Waals surface area contributed by atoms with Gasteiger partial charge in [0.25, 0.3) is 5.91 Å². The number of halogens is 2. The minimum Gasteiger partial charge on any atom is -0.375 e. The van der Waals surface area contributed by atoms with Gasteiger partial charge in [-0.2, -0.15) is 0 Å². The number of para-hydroxylation sites is 1. The van der Waals surface area contributed by atoms with Crippen LogP contribution in [0, 0.1) is 3.57 Å². The number of nitrogens with one attached hydrogen (secondary N) is 1. The summed E-state index contributed by atoms with van der Waals surface area (Å²) in [4.78, 5) is 14.4. The van der Waals surface area contributed by atoms with Crippen LogP contribution in [0.3, 0.4) is 0 Å². The second-order valence-corrected chi connectivity index (χ2v) is 6.94. The number of amides is 1. The molecule has 0 radical (unpaired) electrons. The van der Waals surface area contributed by atoms with Crippen molar-refractivity contribution in [2.45, 2.75) is 12.8 Å². The van der Waals surface area contributed by atoms with Gasteiger partial charge in [-0.1, -0.05) is 29.8 Å². The van der Waals surface area contributed by atoms with Gasteiger partial charge in [-0.25, -0.2) is 0 Å². The van der Waals surface area contributed by atoms with Gasteiger partial charge in [-0.3, -0.25) is 4.79 Å². The summed E-state index contributed by atoms with van der Waals surface area (Å²) in [5.41, 5.74) is 1.89. The van der Waals surface area contributed by atoms with Gasteiger partial charge in [0.15, 0.2) is 0 Å². The molecule has 0 aliphatic rings. The number of nitrogens with zero attached hydrogens (tertiary/aromatic N) is 1. The van der Waals surface area contributed by atoms with Crippen LogP contribution < -0.4 is 10.2 Å². The molecular weight excluding hydrogens is 423 g/mol. The van der Waals surface area contributed by atoms with Gasteiger partial charge in [-0.05, 0) is 65.8 Å². The number of carbonyl (C=O) groups is 1. The maximum absolute atomic E-state index is 12.1. The fourth-order valence-corrected chi connectivity index (χ4v) is 3.37. The van der Waals surface area contributed by atoms with Crippen LogP contribution in [0.4, 0.5) is 5.69 Å². The molecule has 3 nitrogen and oxygen atoms in total. The molecule has 0 atom stereocenters. The zero-order chi connectivity index (χ0) is 16.7. The maximum Gasteiger partial charge on any atom is 0.252 e. The first-order chi connectivity index (χ1) is 11.1. The second kappa shape index (κ2) is 9.13. The SMILES string of the molecule is CN(CCCCNC(=O)c1ccc(Cl)cc1I)c1ccccc1. The van der Waals surface area contributed by atoms with Gasteiger partial charge in [0.05, 0.1) is 5.56 Å². The Morgan fingerprint density at radius 2 is 1.91 bits per heavy atom. The Morgan fingerprint density at radius 1 is 1.17 bits per heavy atom. The topological polar surface area (TPSA) is 32.3 Å². The summed E-state index contributed by atoms with van der Waals surface area (Å²) in [5, 5.41) is 3.62. The van der Waals surface area contributed by atoms with Gasteiger partial charge < -0.3 is 10.2 Å². The Morgan fingerprint density at radius 3 is 2.61 bits per heavy atom. The number of hydrogen-bond donors (Lipinski definition) is 1. The number of rotatable bonds is 7. The minimum atomic E-state index is -0.0394. The molecule has 0 aliphatic heterocycles. The Balaban J connectivity index is 1.70. The number of benzene rings is 2. The summed E-state index contributed by atoms with van der Waals surface area (Å²) in [6.07, 6.45) is 1.98. The van der Waals surface area contributed by atoms with E-state index in [1.807, 2.05) is 18.2 Å². The molecule has 0 fully saturated rings. The van der Waals surface area contributed by atoms with Gasteiger partial charge in [-0.15, -0.1) is 0 Å². The van der Waals surface area contributed by atoms with Crippen LogP contribution in [0.1, 0.15) is 23.2 Å². The third-order valence-corrected chi connectivity index (χ3v) is 4.71. The predicted octanol–water partition coefficient (Wildman–Crippen LogP) is 4.59. The van der Waals surface area contributed by atoms with Crippen LogP contribution >= 0.6 is 34.2 Å². The van der Waals surface area contributed by atoms with Crippen LogP contribution in [0.5, 0.6) is 0 Å². The molecule has 0 aromatic heterocycles. The van der Waals surface area contributed by atoms with Crippen molar-refractivity contribution in [2.75, 3.05) is 25.0 Å². The molecule has 1 N–H and O–H groups in total. The smallest absolute Gasteiger partial charge is 0.252 e. The lowest BCUT2D eigenvalue weighted by atomic mass is 10.2. The summed E-state index contributed by atoms with van der Waals surface area (Å²) in [7, 11) is 2.09. The van der Waals surface area contributed by atoms with Crippen molar-refractivity contribution in [1.82, 2.24) is 5.32 Å². The molecule has 0 saturated heterocycles. The molecule has 2 rings (SSSR count). The Hall–Kier alpha value is -1.27. The zero-order valence-electron chi connectivity index (χ0n) is 13.1. The van der Waals surface area contributed by atoms with E-state index in [-0.39, 0.29) is 5.91 Å². The molecule has 23 heavy (non-hydrogen) atoms. The minimum absolute atomic E-state index is 0.0394. The van der Waals surface area contributed by atoms with Crippen molar-refractivity contribution < 1.29 is 4.79 Å². The number of hydrogen-bond acceptors (Lipinski definition) is 2. The molecule has 2 aromatic carbocycles. The highest BCUT2D eigenvalue weighted by Crippen LogP contribution is 2.18. The molecule has 0 aliphatic carbocycles. The van der Waals surface area contributed by atoms with Crippen molar-refractivity contribution in [2.24, 2.45) is 0 Å². The molecule has 122 valence electrons. The largest absolute Gasteiger partial charge is 0.375 e. The van der Waals surface area contributed by atoms with E-state index < -0.39 is 0 Å². The average Bonchev–Trinajstić information content (AvgIpc) is 2.55. The lowest BCUT2D eigenvalue weighted by molar-refractivity contribution is 0.0952. The lowest BCUT2D eigenvalue weighted by Crippen LogP contribution is -2.26. The quantitative estimate of drug-likeness (QED) is 0.502. The summed E-state index contributed by atoms with van der Waals surface area (Å²) < 4.78 is 0.872. The molecule has 0 spiro atoms. The first kappa shape index (κ1) is 18.1. The van der Waals surface area contributed by atoms with Crippen LogP contribution in [0.15, 0.2) is 48.5 Å². The van der Waals surface area contributed by atoms with E-state index in [0.717, 1.165) is 23.0 Å². The summed E-state index contributed by atoms with van der Waals surface area (Å²) in [6, 6.07) is 15.6. The number of anilines is 1. The monoisotopic (exact) mass is 442 g/mol. The fourth-order valence-electron chi connectivity index (χ4n) is 2.26. The van der Waals surface area contributed by atoms with E-state index in [4.69, 9.17) is 11.6 Å². The van der Waals surface area contributed by atoms with Crippen molar-refractivity contribution >= 4 is 45.8 Å². The summed E-state index contributed by atoms with van der Waals surface area (Å²) >= 11 is 8.04. The Labute approximate surface area is 156 Å². The van der Waals surface area contributed by atoms with Crippen molar-refractivity contribution in [3.63, 3.8) is 0 Å². The molecular formula is C18H20ClIN2O. The Kier molecular flexibility index (Phi) is 7.17. The summed E-state index contributed by atoms with van der Waals surface area (Å²) in [5.74, 6) is -0.0394. The third-order valence-electron chi connectivity index (χ3n) is 3.58. The second-order valence-electron chi connectivity index (χ2n) is 5.34. The molecule has 1 amide bonds. The average molecular weight is 443 g/mol. The normalized spacial score (nSPS) is 10.4.